The average Bonchev–Trinajstić information content (AvgIpc) is 2.06. The number of amides is 1. The Kier molecular flexibility index (Phi) is 3.37. The first kappa shape index (κ1) is 13.4. The molecular formula is C12H17NO4. The third-order valence-corrected chi connectivity index (χ3v) is 2.53. The van der Waals surface area contributed by atoms with E-state index in [1.807, 2.05) is 0 Å². The zero-order chi connectivity index (χ0) is 13.3. The summed E-state index contributed by atoms with van der Waals surface area (Å²) in [6, 6.07) is 0. The fraction of sp³-hybridized carbons (Fsp3) is 0.667. The molecule has 0 bridgehead atoms. The second-order valence-electron chi connectivity index (χ2n) is 5.30. The fourth-order valence-corrected chi connectivity index (χ4v) is 1.66. The number of nitrogens with zero attached hydrogens (tertiary/aromatic N) is 1. The van der Waals surface area contributed by atoms with Gasteiger partial charge in [-0.1, -0.05) is 0 Å². The van der Waals surface area contributed by atoms with Crippen molar-refractivity contribution in [2.45, 2.75) is 32.8 Å². The largest absolute Gasteiger partial charge is 0.481 e. The van der Waals surface area contributed by atoms with Gasteiger partial charge in [-0.25, -0.2) is 4.79 Å². The smallest absolute Gasteiger partial charge is 0.410 e. The molecule has 0 aromatic rings. The van der Waals surface area contributed by atoms with Gasteiger partial charge < -0.3 is 14.7 Å². The summed E-state index contributed by atoms with van der Waals surface area (Å²) in [6.45, 7) is 5.51. The van der Waals surface area contributed by atoms with E-state index in [1.54, 1.807) is 20.8 Å². The van der Waals surface area contributed by atoms with Gasteiger partial charge in [0.15, 0.2) is 0 Å². The van der Waals surface area contributed by atoms with Gasteiger partial charge >= 0.3 is 12.1 Å². The lowest BCUT2D eigenvalue weighted by Gasteiger charge is -2.46. The van der Waals surface area contributed by atoms with Crippen molar-refractivity contribution < 1.29 is 19.4 Å². The molecule has 0 unspecified atom stereocenters. The molecule has 0 radical (unpaired) electrons. The van der Waals surface area contributed by atoms with E-state index in [4.69, 9.17) is 16.3 Å². The van der Waals surface area contributed by atoms with Crippen molar-refractivity contribution in [2.24, 2.45) is 5.41 Å². The molecule has 17 heavy (non-hydrogen) atoms. The van der Waals surface area contributed by atoms with Crippen LogP contribution in [0.1, 0.15) is 27.2 Å². The number of terminal acetylenes is 1. The number of ether oxygens (including phenoxy) is 1. The van der Waals surface area contributed by atoms with Gasteiger partial charge in [-0.05, 0) is 20.8 Å². The summed E-state index contributed by atoms with van der Waals surface area (Å²) in [6.07, 6.45) is 4.77. The molecule has 0 spiro atoms. The highest BCUT2D eigenvalue weighted by Crippen LogP contribution is 2.34. The molecule has 1 aliphatic heterocycles. The lowest BCUT2D eigenvalue weighted by Crippen LogP contribution is -2.62. The molecule has 1 amide bonds. The molecule has 1 rings (SSSR count). The van der Waals surface area contributed by atoms with Crippen molar-refractivity contribution in [3.05, 3.63) is 0 Å². The van der Waals surface area contributed by atoms with E-state index in [1.165, 1.54) is 4.90 Å². The van der Waals surface area contributed by atoms with Crippen molar-refractivity contribution in [1.29, 1.82) is 0 Å². The number of aliphatic carboxylic acids is 1. The molecule has 0 atom stereocenters. The van der Waals surface area contributed by atoms with Crippen LogP contribution in [0.15, 0.2) is 0 Å². The summed E-state index contributed by atoms with van der Waals surface area (Å²) in [5.74, 6) is 1.38. The number of likely N-dealkylation sites (tertiary alicyclic amines) is 1. The summed E-state index contributed by atoms with van der Waals surface area (Å²) < 4.78 is 5.14. The molecule has 0 aromatic carbocycles. The van der Waals surface area contributed by atoms with E-state index in [0.717, 1.165) is 0 Å². The van der Waals surface area contributed by atoms with E-state index in [2.05, 4.69) is 5.92 Å². The van der Waals surface area contributed by atoms with Gasteiger partial charge in [-0.2, -0.15) is 0 Å². The maximum atomic E-state index is 11.6. The predicted molar refractivity (Wildman–Crippen MR) is 61.3 cm³/mol. The topological polar surface area (TPSA) is 66.8 Å². The molecule has 0 saturated carbocycles. The molecule has 0 aromatic heterocycles. The Balaban J connectivity index is 2.58. The number of carboxylic acid groups (broad SMARTS) is 1. The third kappa shape index (κ3) is 2.90. The first-order chi connectivity index (χ1) is 7.70. The van der Waals surface area contributed by atoms with E-state index >= 15 is 0 Å². The highest BCUT2D eigenvalue weighted by atomic mass is 16.6. The summed E-state index contributed by atoms with van der Waals surface area (Å²) in [7, 11) is 0. The molecule has 94 valence electrons. The molecule has 1 heterocycles. The minimum Gasteiger partial charge on any atom is -0.481 e. The Hall–Kier alpha value is -1.70. The van der Waals surface area contributed by atoms with Crippen LogP contribution < -0.4 is 0 Å². The molecule has 5 heteroatoms. The van der Waals surface area contributed by atoms with Crippen molar-refractivity contribution in [1.82, 2.24) is 4.90 Å². The number of carbonyl (C=O) groups excluding carboxylic acids is 1. The van der Waals surface area contributed by atoms with Crippen LogP contribution in [-0.4, -0.2) is 40.8 Å². The van der Waals surface area contributed by atoms with Crippen LogP contribution >= 0.6 is 0 Å². The van der Waals surface area contributed by atoms with Crippen LogP contribution in [0.3, 0.4) is 0 Å². The Morgan fingerprint density at radius 1 is 1.47 bits per heavy atom. The molecule has 1 fully saturated rings. The van der Waals surface area contributed by atoms with E-state index < -0.39 is 23.1 Å². The third-order valence-electron chi connectivity index (χ3n) is 2.53. The zero-order valence-corrected chi connectivity index (χ0v) is 10.3. The molecule has 1 aliphatic rings. The zero-order valence-electron chi connectivity index (χ0n) is 10.3. The summed E-state index contributed by atoms with van der Waals surface area (Å²) in [4.78, 5) is 24.0. The standard InChI is InChI=1S/C12H17NO4/c1-5-6-12(9(14)15)7-13(8-12)10(16)17-11(2,3)4/h1H,6-8H2,2-4H3,(H,14,15). The van der Waals surface area contributed by atoms with Crippen LogP contribution in [-0.2, 0) is 9.53 Å². The Bertz CT molecular complexity index is 369. The van der Waals surface area contributed by atoms with Gasteiger partial charge in [0.05, 0.1) is 0 Å². The summed E-state index contributed by atoms with van der Waals surface area (Å²) in [5, 5.41) is 9.07. The maximum Gasteiger partial charge on any atom is 0.410 e. The van der Waals surface area contributed by atoms with Gasteiger partial charge in [0.2, 0.25) is 0 Å². The minimum atomic E-state index is -0.994. The quantitative estimate of drug-likeness (QED) is 0.738. The molecule has 5 nitrogen and oxygen atoms in total. The molecular weight excluding hydrogens is 222 g/mol. The van der Waals surface area contributed by atoms with Crippen LogP contribution in [0.2, 0.25) is 0 Å². The van der Waals surface area contributed by atoms with Gasteiger partial charge in [0.25, 0.3) is 0 Å². The number of carboxylic acids is 1. The molecule has 1 N–H and O–H groups in total. The highest BCUT2D eigenvalue weighted by Gasteiger charge is 2.51. The Labute approximate surface area is 101 Å². The van der Waals surface area contributed by atoms with Gasteiger partial charge in [0.1, 0.15) is 11.0 Å². The lowest BCUT2D eigenvalue weighted by atomic mass is 9.77. The van der Waals surface area contributed by atoms with Gasteiger partial charge in [-0.3, -0.25) is 4.79 Å². The normalized spacial score (nSPS) is 17.9. The van der Waals surface area contributed by atoms with Crippen molar-refractivity contribution in [3.8, 4) is 12.3 Å². The highest BCUT2D eigenvalue weighted by molar-refractivity contribution is 5.81. The van der Waals surface area contributed by atoms with Gasteiger partial charge in [-0.15, -0.1) is 12.3 Å². The first-order valence-corrected chi connectivity index (χ1v) is 5.35. The SMILES string of the molecule is C#CCC1(C(=O)O)CN(C(=O)OC(C)(C)C)C1. The van der Waals surface area contributed by atoms with Crippen molar-refractivity contribution in [2.75, 3.05) is 13.1 Å². The lowest BCUT2D eigenvalue weighted by molar-refractivity contribution is -0.158. The minimum absolute atomic E-state index is 0.113. The van der Waals surface area contributed by atoms with Gasteiger partial charge in [0, 0.05) is 19.5 Å². The summed E-state index contributed by atoms with van der Waals surface area (Å²) >= 11 is 0. The predicted octanol–water partition coefficient (Wildman–Crippen LogP) is 1.33. The van der Waals surface area contributed by atoms with Crippen molar-refractivity contribution >= 4 is 12.1 Å². The Morgan fingerprint density at radius 3 is 2.35 bits per heavy atom. The number of carbonyl (C=O) groups is 2. The van der Waals surface area contributed by atoms with E-state index in [9.17, 15) is 9.59 Å². The fourth-order valence-electron chi connectivity index (χ4n) is 1.66. The first-order valence-electron chi connectivity index (χ1n) is 5.35. The maximum absolute atomic E-state index is 11.6. The van der Waals surface area contributed by atoms with Crippen LogP contribution in [0.5, 0.6) is 0 Å². The van der Waals surface area contributed by atoms with E-state index in [-0.39, 0.29) is 19.5 Å². The molecule has 1 saturated heterocycles. The monoisotopic (exact) mass is 239 g/mol. The average molecular weight is 239 g/mol. The van der Waals surface area contributed by atoms with Crippen LogP contribution in [0.25, 0.3) is 0 Å². The molecule has 0 aliphatic carbocycles. The van der Waals surface area contributed by atoms with Crippen molar-refractivity contribution in [3.63, 3.8) is 0 Å². The van der Waals surface area contributed by atoms with Crippen LogP contribution in [0, 0.1) is 17.8 Å². The summed E-state index contributed by atoms with van der Waals surface area (Å²) in [5.41, 5.74) is -1.57. The number of rotatable bonds is 2. The number of hydrogen-bond donors (Lipinski definition) is 1. The second-order valence-corrected chi connectivity index (χ2v) is 5.30. The van der Waals surface area contributed by atoms with E-state index in [0.29, 0.717) is 0 Å². The Morgan fingerprint density at radius 2 is 2.00 bits per heavy atom. The van der Waals surface area contributed by atoms with Crippen LogP contribution in [0.4, 0.5) is 4.79 Å². The number of hydrogen-bond acceptors (Lipinski definition) is 3. The second kappa shape index (κ2) is 4.28.